The van der Waals surface area contributed by atoms with Gasteiger partial charge in [-0.1, -0.05) is 20.8 Å². The molecule has 1 unspecified atom stereocenters. The first-order valence-corrected chi connectivity index (χ1v) is 6.59. The van der Waals surface area contributed by atoms with Crippen LogP contribution in [0.25, 0.3) is 0 Å². The third kappa shape index (κ3) is 4.25. The molecule has 0 saturated heterocycles. The van der Waals surface area contributed by atoms with Gasteiger partial charge in [0.15, 0.2) is 6.10 Å². The zero-order valence-corrected chi connectivity index (χ0v) is 12.1. The SMILES string of the molecule is CCCNc1ncnc(OC(C)C(F)(F)F)c1C(C)C. The van der Waals surface area contributed by atoms with Crippen molar-refractivity contribution in [1.82, 2.24) is 9.97 Å². The normalized spacial score (nSPS) is 13.4. The molecule has 0 aliphatic carbocycles. The molecule has 0 aliphatic rings. The number of rotatable bonds is 6. The van der Waals surface area contributed by atoms with Gasteiger partial charge in [-0.05, 0) is 19.3 Å². The number of anilines is 1. The van der Waals surface area contributed by atoms with Crippen molar-refractivity contribution in [2.75, 3.05) is 11.9 Å². The Morgan fingerprint density at radius 3 is 2.40 bits per heavy atom. The predicted molar refractivity (Wildman–Crippen MR) is 71.0 cm³/mol. The summed E-state index contributed by atoms with van der Waals surface area (Å²) < 4.78 is 42.7. The average molecular weight is 291 g/mol. The minimum Gasteiger partial charge on any atom is -0.465 e. The Bertz CT molecular complexity index is 435. The lowest BCUT2D eigenvalue weighted by atomic mass is 10.1. The third-order valence-electron chi connectivity index (χ3n) is 2.72. The monoisotopic (exact) mass is 291 g/mol. The summed E-state index contributed by atoms with van der Waals surface area (Å²) in [6, 6.07) is 0. The van der Waals surface area contributed by atoms with Gasteiger partial charge < -0.3 is 10.1 Å². The quantitative estimate of drug-likeness (QED) is 0.867. The highest BCUT2D eigenvalue weighted by Crippen LogP contribution is 2.32. The second-order valence-electron chi connectivity index (χ2n) is 4.82. The molecule has 0 radical (unpaired) electrons. The Morgan fingerprint density at radius 2 is 1.90 bits per heavy atom. The molecule has 0 amide bonds. The smallest absolute Gasteiger partial charge is 0.425 e. The van der Waals surface area contributed by atoms with Crippen LogP contribution in [0.2, 0.25) is 0 Å². The summed E-state index contributed by atoms with van der Waals surface area (Å²) >= 11 is 0. The second kappa shape index (κ2) is 6.76. The van der Waals surface area contributed by atoms with E-state index in [4.69, 9.17) is 4.74 Å². The molecule has 20 heavy (non-hydrogen) atoms. The fourth-order valence-electron chi connectivity index (χ4n) is 1.61. The molecule has 0 aromatic carbocycles. The highest BCUT2D eigenvalue weighted by molar-refractivity contribution is 5.50. The van der Waals surface area contributed by atoms with Crippen LogP contribution in [0.3, 0.4) is 0 Å². The van der Waals surface area contributed by atoms with E-state index in [1.807, 2.05) is 20.8 Å². The van der Waals surface area contributed by atoms with E-state index >= 15 is 0 Å². The van der Waals surface area contributed by atoms with Crippen molar-refractivity contribution in [3.63, 3.8) is 0 Å². The number of halogens is 3. The van der Waals surface area contributed by atoms with Crippen molar-refractivity contribution in [2.45, 2.75) is 52.3 Å². The van der Waals surface area contributed by atoms with Gasteiger partial charge in [-0.15, -0.1) is 0 Å². The average Bonchev–Trinajstić information content (AvgIpc) is 2.34. The first-order valence-electron chi connectivity index (χ1n) is 6.59. The molecule has 1 heterocycles. The van der Waals surface area contributed by atoms with Gasteiger partial charge in [0.25, 0.3) is 0 Å². The Morgan fingerprint density at radius 1 is 1.25 bits per heavy atom. The van der Waals surface area contributed by atoms with Gasteiger partial charge in [0.05, 0.1) is 5.56 Å². The van der Waals surface area contributed by atoms with Crippen molar-refractivity contribution in [3.05, 3.63) is 11.9 Å². The van der Waals surface area contributed by atoms with Crippen LogP contribution in [0.4, 0.5) is 19.0 Å². The molecule has 0 aliphatic heterocycles. The summed E-state index contributed by atoms with van der Waals surface area (Å²) in [5.74, 6) is 0.464. The molecule has 1 N–H and O–H groups in total. The lowest BCUT2D eigenvalue weighted by Gasteiger charge is -2.21. The van der Waals surface area contributed by atoms with Gasteiger partial charge in [-0.2, -0.15) is 13.2 Å². The van der Waals surface area contributed by atoms with Gasteiger partial charge in [0.2, 0.25) is 5.88 Å². The van der Waals surface area contributed by atoms with E-state index in [2.05, 4.69) is 15.3 Å². The topological polar surface area (TPSA) is 47.0 Å². The van der Waals surface area contributed by atoms with Crippen LogP contribution < -0.4 is 10.1 Å². The number of nitrogens with zero attached hydrogens (tertiary/aromatic N) is 2. The van der Waals surface area contributed by atoms with Gasteiger partial charge in [-0.25, -0.2) is 9.97 Å². The first-order chi connectivity index (χ1) is 9.27. The number of hydrogen-bond donors (Lipinski definition) is 1. The summed E-state index contributed by atoms with van der Waals surface area (Å²) in [6.07, 6.45) is -4.23. The van der Waals surface area contributed by atoms with Crippen LogP contribution in [0.1, 0.15) is 45.6 Å². The maximum atomic E-state index is 12.6. The molecule has 0 spiro atoms. The summed E-state index contributed by atoms with van der Waals surface area (Å²) in [5, 5.41) is 3.08. The molecule has 0 bridgehead atoms. The van der Waals surface area contributed by atoms with E-state index in [0.717, 1.165) is 13.3 Å². The highest BCUT2D eigenvalue weighted by Gasteiger charge is 2.39. The summed E-state index contributed by atoms with van der Waals surface area (Å²) in [4.78, 5) is 7.93. The molecule has 1 atom stereocenters. The van der Waals surface area contributed by atoms with E-state index in [-0.39, 0.29) is 11.8 Å². The molecule has 114 valence electrons. The van der Waals surface area contributed by atoms with Crippen molar-refractivity contribution >= 4 is 5.82 Å². The van der Waals surface area contributed by atoms with Crippen LogP contribution >= 0.6 is 0 Å². The van der Waals surface area contributed by atoms with Crippen molar-refractivity contribution in [2.24, 2.45) is 0 Å². The molecule has 0 fully saturated rings. The lowest BCUT2D eigenvalue weighted by molar-refractivity contribution is -0.190. The minimum atomic E-state index is -4.42. The molecule has 0 saturated carbocycles. The number of nitrogens with one attached hydrogen (secondary N) is 1. The fraction of sp³-hybridized carbons (Fsp3) is 0.692. The van der Waals surface area contributed by atoms with Crippen LogP contribution in [-0.4, -0.2) is 28.8 Å². The van der Waals surface area contributed by atoms with Gasteiger partial charge in [-0.3, -0.25) is 0 Å². The molecule has 1 aromatic heterocycles. The third-order valence-corrected chi connectivity index (χ3v) is 2.72. The number of aromatic nitrogens is 2. The molecular formula is C13H20F3N3O. The number of ether oxygens (including phenoxy) is 1. The Hall–Kier alpha value is -1.53. The Labute approximate surface area is 116 Å². The first kappa shape index (κ1) is 16.5. The van der Waals surface area contributed by atoms with Crippen LogP contribution in [0.15, 0.2) is 6.33 Å². The van der Waals surface area contributed by atoms with Crippen LogP contribution in [0, 0.1) is 0 Å². The van der Waals surface area contributed by atoms with Crippen molar-refractivity contribution in [1.29, 1.82) is 0 Å². The Balaban J connectivity index is 3.06. The van der Waals surface area contributed by atoms with Crippen LogP contribution in [-0.2, 0) is 0 Å². The zero-order chi connectivity index (χ0) is 15.3. The fourth-order valence-corrected chi connectivity index (χ4v) is 1.61. The number of alkyl halides is 3. The predicted octanol–water partition coefficient (Wildman–Crippen LogP) is 3.75. The molecular weight excluding hydrogens is 271 g/mol. The summed E-state index contributed by atoms with van der Waals surface area (Å²) in [6.45, 7) is 7.37. The van der Waals surface area contributed by atoms with Crippen molar-refractivity contribution < 1.29 is 17.9 Å². The van der Waals surface area contributed by atoms with E-state index < -0.39 is 12.3 Å². The van der Waals surface area contributed by atoms with Gasteiger partial charge in [0, 0.05) is 6.54 Å². The van der Waals surface area contributed by atoms with Gasteiger partial charge >= 0.3 is 6.18 Å². The zero-order valence-electron chi connectivity index (χ0n) is 12.1. The number of hydrogen-bond acceptors (Lipinski definition) is 4. The van der Waals surface area contributed by atoms with Crippen molar-refractivity contribution in [3.8, 4) is 5.88 Å². The minimum absolute atomic E-state index is 0.0153. The van der Waals surface area contributed by atoms with Gasteiger partial charge in [0.1, 0.15) is 12.1 Å². The van der Waals surface area contributed by atoms with E-state index in [9.17, 15) is 13.2 Å². The highest BCUT2D eigenvalue weighted by atomic mass is 19.4. The van der Waals surface area contributed by atoms with E-state index in [1.54, 1.807) is 0 Å². The Kier molecular flexibility index (Phi) is 5.59. The summed E-state index contributed by atoms with van der Waals surface area (Å²) in [5.41, 5.74) is 0.567. The molecule has 1 aromatic rings. The van der Waals surface area contributed by atoms with Crippen LogP contribution in [0.5, 0.6) is 5.88 Å². The second-order valence-corrected chi connectivity index (χ2v) is 4.82. The molecule has 7 heteroatoms. The maximum absolute atomic E-state index is 12.6. The standard InChI is InChI=1S/C13H20F3N3O/c1-5-6-17-11-10(8(2)3)12(19-7-18-11)20-9(4)13(14,15)16/h7-9H,5-6H2,1-4H3,(H,17,18,19). The van der Waals surface area contributed by atoms with E-state index in [1.165, 1.54) is 6.33 Å². The van der Waals surface area contributed by atoms with E-state index in [0.29, 0.717) is 17.9 Å². The molecule has 1 rings (SSSR count). The summed E-state index contributed by atoms with van der Waals surface area (Å²) in [7, 11) is 0. The lowest BCUT2D eigenvalue weighted by Crippen LogP contribution is -2.32. The largest absolute Gasteiger partial charge is 0.465 e. The maximum Gasteiger partial charge on any atom is 0.425 e. The molecule has 4 nitrogen and oxygen atoms in total.